The molecule has 0 atom stereocenters. The second kappa shape index (κ2) is 13.5. The molecule has 2 aromatic carbocycles. The van der Waals surface area contributed by atoms with E-state index in [0.717, 1.165) is 44.7 Å². The van der Waals surface area contributed by atoms with E-state index < -0.39 is 0 Å². The zero-order valence-corrected chi connectivity index (χ0v) is 19.3. The largest absolute Gasteiger partial charge is 0.369 e. The molecule has 2 aromatic rings. The molecule has 1 heterocycles. The molecule has 30 heavy (non-hydrogen) atoms. The Morgan fingerprint density at radius 3 is 2.13 bits per heavy atom. The van der Waals surface area contributed by atoms with Crippen molar-refractivity contribution < 1.29 is 4.79 Å². The zero-order valence-electron chi connectivity index (χ0n) is 17.7. The summed E-state index contributed by atoms with van der Waals surface area (Å²) in [5.41, 5.74) is 8.92. The van der Waals surface area contributed by atoms with E-state index in [4.69, 9.17) is 5.73 Å². The van der Waals surface area contributed by atoms with Crippen molar-refractivity contribution >= 4 is 36.4 Å². The maximum Gasteiger partial charge on any atom is 0.253 e. The first-order valence-corrected chi connectivity index (χ1v) is 10.3. The lowest BCUT2D eigenvalue weighted by molar-refractivity contribution is 0.0762. The van der Waals surface area contributed by atoms with Crippen molar-refractivity contribution in [3.63, 3.8) is 0 Å². The molecule has 0 aliphatic carbocycles. The molecule has 1 aliphatic rings. The number of piperazine rings is 1. The number of nitrogens with zero attached hydrogens (tertiary/aromatic N) is 3. The Kier molecular flexibility index (Phi) is 11.8. The highest BCUT2D eigenvalue weighted by Crippen LogP contribution is 2.18. The summed E-state index contributed by atoms with van der Waals surface area (Å²) in [6, 6.07) is 18.3. The summed E-state index contributed by atoms with van der Waals surface area (Å²) in [6.07, 6.45) is 0.840. The third-order valence-electron chi connectivity index (χ3n) is 5.50. The summed E-state index contributed by atoms with van der Waals surface area (Å²) in [5, 5.41) is 0. The van der Waals surface area contributed by atoms with Gasteiger partial charge in [0.15, 0.2) is 0 Å². The topological polar surface area (TPSA) is 52.8 Å². The van der Waals surface area contributed by atoms with Crippen molar-refractivity contribution in [2.24, 2.45) is 5.73 Å². The predicted octanol–water partition coefficient (Wildman–Crippen LogP) is 3.32. The lowest BCUT2D eigenvalue weighted by Gasteiger charge is -2.35. The summed E-state index contributed by atoms with van der Waals surface area (Å²) in [4.78, 5) is 19.7. The average molecular weight is 453 g/mol. The number of hydrogen-bond donors (Lipinski definition) is 1. The van der Waals surface area contributed by atoms with E-state index in [9.17, 15) is 4.79 Å². The maximum absolute atomic E-state index is 13.0. The van der Waals surface area contributed by atoms with E-state index in [-0.39, 0.29) is 30.7 Å². The molecule has 0 radical (unpaired) electrons. The molecule has 1 fully saturated rings. The Labute approximate surface area is 193 Å². The van der Waals surface area contributed by atoms with Gasteiger partial charge in [-0.3, -0.25) is 4.79 Å². The van der Waals surface area contributed by atoms with Crippen molar-refractivity contribution in [1.29, 1.82) is 0 Å². The van der Waals surface area contributed by atoms with Gasteiger partial charge in [0, 0.05) is 57.1 Å². The highest BCUT2D eigenvalue weighted by molar-refractivity contribution is 5.94. The Morgan fingerprint density at radius 2 is 1.57 bits per heavy atom. The molecule has 0 spiro atoms. The van der Waals surface area contributed by atoms with Gasteiger partial charge in [-0.15, -0.1) is 24.8 Å². The molecule has 0 saturated carbocycles. The molecule has 0 unspecified atom stereocenters. The molecule has 2 N–H and O–H groups in total. The summed E-state index contributed by atoms with van der Waals surface area (Å²) >= 11 is 0. The fourth-order valence-corrected chi connectivity index (χ4v) is 3.70. The van der Waals surface area contributed by atoms with Crippen LogP contribution < -0.4 is 10.6 Å². The molecule has 5 nitrogen and oxygen atoms in total. The summed E-state index contributed by atoms with van der Waals surface area (Å²) in [6.45, 7) is 9.33. The van der Waals surface area contributed by atoms with Crippen LogP contribution in [0.2, 0.25) is 0 Å². The summed E-state index contributed by atoms with van der Waals surface area (Å²) < 4.78 is 0. The Hall–Kier alpha value is -1.79. The van der Waals surface area contributed by atoms with Crippen LogP contribution in [0.1, 0.15) is 22.8 Å². The second-order valence-corrected chi connectivity index (χ2v) is 7.28. The Balaban J connectivity index is 0.00000225. The first-order chi connectivity index (χ1) is 13.7. The number of nitrogens with two attached hydrogens (primary N) is 1. The van der Waals surface area contributed by atoms with Crippen LogP contribution in [0.25, 0.3) is 0 Å². The highest BCUT2D eigenvalue weighted by atomic mass is 35.5. The van der Waals surface area contributed by atoms with Gasteiger partial charge in [0.25, 0.3) is 5.91 Å². The van der Waals surface area contributed by atoms with Gasteiger partial charge in [-0.1, -0.05) is 37.3 Å². The molecule has 1 aliphatic heterocycles. The molecule has 1 saturated heterocycles. The SMILES string of the molecule is CCN1CCN(c2ccc(C(=O)N(CCN)CCc3ccccc3)cc2)CC1.Cl.Cl. The van der Waals surface area contributed by atoms with E-state index >= 15 is 0 Å². The smallest absolute Gasteiger partial charge is 0.253 e. The van der Waals surface area contributed by atoms with Gasteiger partial charge in [0.05, 0.1) is 0 Å². The number of carbonyl (C=O) groups excluding carboxylic acids is 1. The Bertz CT molecular complexity index is 735. The monoisotopic (exact) mass is 452 g/mol. The molecule has 3 rings (SSSR count). The van der Waals surface area contributed by atoms with Crippen LogP contribution in [0, 0.1) is 0 Å². The van der Waals surface area contributed by atoms with Gasteiger partial charge in [-0.05, 0) is 42.8 Å². The molecular weight excluding hydrogens is 419 g/mol. The minimum atomic E-state index is 0. The van der Waals surface area contributed by atoms with Crippen molar-refractivity contribution in [2.45, 2.75) is 13.3 Å². The van der Waals surface area contributed by atoms with E-state index in [1.807, 2.05) is 35.2 Å². The van der Waals surface area contributed by atoms with Crippen LogP contribution in [0.15, 0.2) is 54.6 Å². The van der Waals surface area contributed by atoms with Crippen molar-refractivity contribution in [3.8, 4) is 0 Å². The van der Waals surface area contributed by atoms with E-state index in [2.05, 4.69) is 41.0 Å². The van der Waals surface area contributed by atoms with Crippen molar-refractivity contribution in [1.82, 2.24) is 9.80 Å². The first kappa shape index (κ1) is 26.2. The predicted molar refractivity (Wildman–Crippen MR) is 130 cm³/mol. The maximum atomic E-state index is 13.0. The fraction of sp³-hybridized carbons (Fsp3) is 0.435. The van der Waals surface area contributed by atoms with E-state index in [1.54, 1.807) is 0 Å². The standard InChI is InChI=1S/C23H32N4O.2ClH/c1-2-25-16-18-26(19-17-25)22-10-8-21(9-11-22)23(28)27(15-13-24)14-12-20-6-4-3-5-7-20;;/h3-11H,2,12-19,24H2,1H3;2*1H. The number of halogens is 2. The lowest BCUT2D eigenvalue weighted by Crippen LogP contribution is -2.46. The van der Waals surface area contributed by atoms with Gasteiger partial charge in [0.1, 0.15) is 0 Å². The number of anilines is 1. The normalized spacial score (nSPS) is 13.9. The molecule has 0 bridgehead atoms. The van der Waals surface area contributed by atoms with Crippen molar-refractivity contribution in [2.75, 3.05) is 57.3 Å². The average Bonchev–Trinajstić information content (AvgIpc) is 2.77. The molecule has 0 aromatic heterocycles. The third-order valence-corrected chi connectivity index (χ3v) is 5.50. The van der Waals surface area contributed by atoms with E-state index in [0.29, 0.717) is 19.6 Å². The van der Waals surface area contributed by atoms with Crippen LogP contribution in [-0.4, -0.2) is 68.1 Å². The number of benzene rings is 2. The quantitative estimate of drug-likeness (QED) is 0.667. The molecular formula is C23H34Cl2N4O. The van der Waals surface area contributed by atoms with Gasteiger partial charge < -0.3 is 20.4 Å². The molecule has 1 amide bonds. The van der Waals surface area contributed by atoms with Gasteiger partial charge >= 0.3 is 0 Å². The second-order valence-electron chi connectivity index (χ2n) is 7.28. The molecule has 166 valence electrons. The van der Waals surface area contributed by atoms with E-state index in [1.165, 1.54) is 11.3 Å². The summed E-state index contributed by atoms with van der Waals surface area (Å²) in [5.74, 6) is 0.0590. The Morgan fingerprint density at radius 1 is 0.933 bits per heavy atom. The van der Waals surface area contributed by atoms with Gasteiger partial charge in [-0.25, -0.2) is 0 Å². The van der Waals surface area contributed by atoms with Gasteiger partial charge in [-0.2, -0.15) is 0 Å². The number of hydrogen-bond acceptors (Lipinski definition) is 4. The number of likely N-dealkylation sites (N-methyl/N-ethyl adjacent to an activating group) is 1. The minimum Gasteiger partial charge on any atom is -0.369 e. The van der Waals surface area contributed by atoms with Crippen LogP contribution in [0.4, 0.5) is 5.69 Å². The third kappa shape index (κ3) is 7.17. The first-order valence-electron chi connectivity index (χ1n) is 10.3. The lowest BCUT2D eigenvalue weighted by atomic mass is 10.1. The van der Waals surface area contributed by atoms with Crippen LogP contribution in [0.5, 0.6) is 0 Å². The minimum absolute atomic E-state index is 0. The van der Waals surface area contributed by atoms with Crippen molar-refractivity contribution in [3.05, 3.63) is 65.7 Å². The van der Waals surface area contributed by atoms with Crippen LogP contribution >= 0.6 is 24.8 Å². The number of carbonyl (C=O) groups is 1. The molecule has 7 heteroatoms. The summed E-state index contributed by atoms with van der Waals surface area (Å²) in [7, 11) is 0. The fourth-order valence-electron chi connectivity index (χ4n) is 3.70. The number of amides is 1. The highest BCUT2D eigenvalue weighted by Gasteiger charge is 2.18. The zero-order chi connectivity index (χ0) is 19.8. The van der Waals surface area contributed by atoms with Crippen LogP contribution in [0.3, 0.4) is 0 Å². The van der Waals surface area contributed by atoms with Crippen LogP contribution in [-0.2, 0) is 6.42 Å². The van der Waals surface area contributed by atoms with Gasteiger partial charge in [0.2, 0.25) is 0 Å². The number of rotatable bonds is 8.